The van der Waals surface area contributed by atoms with Crippen LogP contribution in [0, 0.1) is 13.8 Å². The van der Waals surface area contributed by atoms with Gasteiger partial charge < -0.3 is 19.6 Å². The minimum Gasteiger partial charge on any atom is -0.387 e. The van der Waals surface area contributed by atoms with Crippen LogP contribution in [-0.2, 0) is 20.7 Å². The molecule has 2 aliphatic heterocycles. The number of hydrogen-bond donors (Lipinski definition) is 1. The fourth-order valence-electron chi connectivity index (χ4n) is 4.54. The standard InChI is InChI=1S/C21H29N5O4/c1-14-16(5-6-20(28)24-8-10-30-11-9-24)15(2)26-19(22-14)12-17(23-26)18-4-3-7-25(18)21(29)13-27/h12,18,27H,3-11,13H2,1-2H3. The molecule has 0 radical (unpaired) electrons. The number of amides is 2. The third-order valence-corrected chi connectivity index (χ3v) is 6.19. The highest BCUT2D eigenvalue weighted by Crippen LogP contribution is 2.32. The first-order valence-corrected chi connectivity index (χ1v) is 10.6. The van der Waals surface area contributed by atoms with Gasteiger partial charge in [-0.05, 0) is 38.7 Å². The molecule has 0 aliphatic carbocycles. The van der Waals surface area contributed by atoms with Crippen molar-refractivity contribution in [3.05, 3.63) is 28.7 Å². The van der Waals surface area contributed by atoms with Crippen molar-refractivity contribution in [3.8, 4) is 0 Å². The Kier molecular flexibility index (Phi) is 6.01. The SMILES string of the molecule is Cc1nc2cc(C3CCCN3C(=O)CO)nn2c(C)c1CCC(=O)N1CCOCC1. The number of nitrogens with zero attached hydrogens (tertiary/aromatic N) is 5. The molecule has 2 saturated heterocycles. The van der Waals surface area contributed by atoms with E-state index in [1.165, 1.54) is 0 Å². The Balaban J connectivity index is 1.55. The molecule has 4 rings (SSSR count). The number of aromatic nitrogens is 3. The van der Waals surface area contributed by atoms with E-state index in [2.05, 4.69) is 0 Å². The molecule has 2 aromatic heterocycles. The molecule has 2 aliphatic rings. The lowest BCUT2D eigenvalue weighted by atomic mass is 10.1. The van der Waals surface area contributed by atoms with E-state index in [0.29, 0.717) is 45.7 Å². The molecule has 2 amide bonds. The largest absolute Gasteiger partial charge is 0.387 e. The van der Waals surface area contributed by atoms with Crippen LogP contribution in [-0.4, -0.2) is 80.8 Å². The second kappa shape index (κ2) is 8.69. The third kappa shape index (κ3) is 3.91. The van der Waals surface area contributed by atoms with E-state index in [0.717, 1.165) is 41.1 Å². The quantitative estimate of drug-likeness (QED) is 0.775. The Hall–Kier alpha value is -2.52. The maximum absolute atomic E-state index is 12.5. The van der Waals surface area contributed by atoms with Crippen molar-refractivity contribution in [2.45, 2.75) is 45.6 Å². The van der Waals surface area contributed by atoms with Gasteiger partial charge in [-0.3, -0.25) is 9.59 Å². The molecule has 162 valence electrons. The maximum atomic E-state index is 12.5. The van der Waals surface area contributed by atoms with E-state index in [9.17, 15) is 14.7 Å². The van der Waals surface area contributed by atoms with Crippen molar-refractivity contribution in [1.82, 2.24) is 24.4 Å². The van der Waals surface area contributed by atoms with Gasteiger partial charge in [0.05, 0.1) is 24.9 Å². The summed E-state index contributed by atoms with van der Waals surface area (Å²) in [5.41, 5.74) is 4.44. The smallest absolute Gasteiger partial charge is 0.248 e. The van der Waals surface area contributed by atoms with E-state index in [1.54, 1.807) is 4.90 Å². The second-order valence-electron chi connectivity index (χ2n) is 8.00. The maximum Gasteiger partial charge on any atom is 0.248 e. The van der Waals surface area contributed by atoms with Crippen molar-refractivity contribution in [2.75, 3.05) is 39.5 Å². The highest BCUT2D eigenvalue weighted by molar-refractivity contribution is 5.78. The fourth-order valence-corrected chi connectivity index (χ4v) is 4.54. The van der Waals surface area contributed by atoms with E-state index in [1.807, 2.05) is 29.3 Å². The first kappa shape index (κ1) is 20.7. The molecule has 30 heavy (non-hydrogen) atoms. The van der Waals surface area contributed by atoms with Gasteiger partial charge in [0, 0.05) is 43.5 Å². The number of rotatable bonds is 5. The van der Waals surface area contributed by atoms with Crippen LogP contribution in [0.25, 0.3) is 5.65 Å². The topological polar surface area (TPSA) is 100 Å². The Morgan fingerprint density at radius 2 is 1.97 bits per heavy atom. The second-order valence-corrected chi connectivity index (χ2v) is 8.00. The molecule has 9 heteroatoms. The van der Waals surface area contributed by atoms with E-state index >= 15 is 0 Å². The summed E-state index contributed by atoms with van der Waals surface area (Å²) in [6.07, 6.45) is 2.77. The van der Waals surface area contributed by atoms with Gasteiger partial charge in [0.1, 0.15) is 6.61 Å². The molecule has 1 atom stereocenters. The van der Waals surface area contributed by atoms with Gasteiger partial charge in [-0.15, -0.1) is 0 Å². The van der Waals surface area contributed by atoms with Crippen LogP contribution in [0.5, 0.6) is 0 Å². The van der Waals surface area contributed by atoms with Crippen molar-refractivity contribution >= 4 is 17.5 Å². The summed E-state index contributed by atoms with van der Waals surface area (Å²) < 4.78 is 7.14. The van der Waals surface area contributed by atoms with Gasteiger partial charge in [-0.25, -0.2) is 9.50 Å². The number of carbonyl (C=O) groups excluding carboxylic acids is 2. The summed E-state index contributed by atoms with van der Waals surface area (Å²) in [5.74, 6) is -0.125. The zero-order valence-corrected chi connectivity index (χ0v) is 17.6. The van der Waals surface area contributed by atoms with Crippen molar-refractivity contribution in [3.63, 3.8) is 0 Å². The van der Waals surface area contributed by atoms with E-state index in [-0.39, 0.29) is 17.9 Å². The average molecular weight is 415 g/mol. The molecule has 4 heterocycles. The molecular weight excluding hydrogens is 386 g/mol. The summed E-state index contributed by atoms with van der Waals surface area (Å²) in [6.45, 7) is 6.63. The Labute approximate surface area is 175 Å². The molecular formula is C21H29N5O4. The van der Waals surface area contributed by atoms with Crippen LogP contribution < -0.4 is 0 Å². The van der Waals surface area contributed by atoms with Gasteiger partial charge >= 0.3 is 0 Å². The predicted octanol–water partition coefficient (Wildman–Crippen LogP) is 0.793. The van der Waals surface area contributed by atoms with E-state index < -0.39 is 6.61 Å². The summed E-state index contributed by atoms with van der Waals surface area (Å²) in [5, 5.41) is 14.0. The van der Waals surface area contributed by atoms with Crippen LogP contribution in [0.15, 0.2) is 6.07 Å². The Bertz CT molecular complexity index is 951. The summed E-state index contributed by atoms with van der Waals surface area (Å²) in [4.78, 5) is 32.9. The van der Waals surface area contributed by atoms with Crippen LogP contribution in [0.2, 0.25) is 0 Å². The molecule has 0 saturated carbocycles. The molecule has 2 aromatic rings. The number of carbonyl (C=O) groups is 2. The zero-order chi connectivity index (χ0) is 21.3. The number of morpholine rings is 1. The number of aryl methyl sites for hydroxylation is 2. The molecule has 1 unspecified atom stereocenters. The number of hydrogen-bond acceptors (Lipinski definition) is 6. The molecule has 0 bridgehead atoms. The highest BCUT2D eigenvalue weighted by atomic mass is 16.5. The molecule has 0 spiro atoms. The number of fused-ring (bicyclic) bond motifs is 1. The lowest BCUT2D eigenvalue weighted by Crippen LogP contribution is -2.40. The van der Waals surface area contributed by atoms with Crippen LogP contribution in [0.3, 0.4) is 0 Å². The average Bonchev–Trinajstić information content (AvgIpc) is 3.40. The van der Waals surface area contributed by atoms with Gasteiger partial charge in [0.2, 0.25) is 11.8 Å². The normalized spacial score (nSPS) is 19.6. The lowest BCUT2D eigenvalue weighted by Gasteiger charge is -2.27. The fraction of sp³-hybridized carbons (Fsp3) is 0.619. The van der Waals surface area contributed by atoms with Gasteiger partial charge in [-0.2, -0.15) is 5.10 Å². The molecule has 9 nitrogen and oxygen atoms in total. The number of likely N-dealkylation sites (tertiary alicyclic amines) is 1. The number of aliphatic hydroxyl groups excluding tert-OH is 1. The van der Waals surface area contributed by atoms with Crippen molar-refractivity contribution < 1.29 is 19.4 Å². The third-order valence-electron chi connectivity index (χ3n) is 6.19. The first-order chi connectivity index (χ1) is 14.5. The Morgan fingerprint density at radius 1 is 1.20 bits per heavy atom. The monoisotopic (exact) mass is 415 g/mol. The number of ether oxygens (including phenoxy) is 1. The van der Waals surface area contributed by atoms with Gasteiger partial charge in [-0.1, -0.05) is 0 Å². The van der Waals surface area contributed by atoms with Crippen molar-refractivity contribution in [2.24, 2.45) is 0 Å². The molecule has 2 fully saturated rings. The van der Waals surface area contributed by atoms with Crippen LogP contribution >= 0.6 is 0 Å². The first-order valence-electron chi connectivity index (χ1n) is 10.6. The minimum atomic E-state index is -0.485. The van der Waals surface area contributed by atoms with Crippen LogP contribution in [0.4, 0.5) is 0 Å². The summed E-state index contributed by atoms with van der Waals surface area (Å²) in [6, 6.07) is 1.80. The van der Waals surface area contributed by atoms with Crippen molar-refractivity contribution in [1.29, 1.82) is 0 Å². The minimum absolute atomic E-state index is 0.127. The van der Waals surface area contributed by atoms with Crippen LogP contribution in [0.1, 0.15) is 47.9 Å². The zero-order valence-electron chi connectivity index (χ0n) is 17.6. The lowest BCUT2D eigenvalue weighted by molar-refractivity contribution is -0.135. The number of aliphatic hydroxyl groups is 1. The summed E-state index contributed by atoms with van der Waals surface area (Å²) >= 11 is 0. The van der Waals surface area contributed by atoms with E-state index in [4.69, 9.17) is 14.8 Å². The summed E-state index contributed by atoms with van der Waals surface area (Å²) in [7, 11) is 0. The van der Waals surface area contributed by atoms with Gasteiger partial charge in [0.25, 0.3) is 0 Å². The highest BCUT2D eigenvalue weighted by Gasteiger charge is 2.31. The Morgan fingerprint density at radius 3 is 2.70 bits per heavy atom. The van der Waals surface area contributed by atoms with Gasteiger partial charge in [0.15, 0.2) is 5.65 Å². The molecule has 0 aromatic carbocycles. The molecule has 1 N–H and O–H groups in total. The predicted molar refractivity (Wildman–Crippen MR) is 109 cm³/mol.